The molecule has 0 amide bonds. The van der Waals surface area contributed by atoms with E-state index in [1.165, 1.54) is 31.4 Å². The zero-order valence-corrected chi connectivity index (χ0v) is 12.0. The van der Waals surface area contributed by atoms with Crippen LogP contribution < -0.4 is 4.72 Å². The molecule has 9 heteroatoms. The van der Waals surface area contributed by atoms with Crippen LogP contribution in [0.3, 0.4) is 0 Å². The molecule has 0 aliphatic heterocycles. The fourth-order valence-electron chi connectivity index (χ4n) is 1.55. The van der Waals surface area contributed by atoms with Crippen molar-refractivity contribution < 1.29 is 33.0 Å². The summed E-state index contributed by atoms with van der Waals surface area (Å²) in [5.41, 5.74) is 0.467. The first kappa shape index (κ1) is 17.1. The number of ether oxygens (including phenoxy) is 1. The number of carboxylic acids is 1. The predicted octanol–water partition coefficient (Wildman–Crippen LogP) is -0.662. The quantitative estimate of drug-likeness (QED) is 0.569. The zero-order chi connectivity index (χ0) is 16.0. The summed E-state index contributed by atoms with van der Waals surface area (Å²) in [4.78, 5) is 22.0. The van der Waals surface area contributed by atoms with Gasteiger partial charge in [-0.15, -0.1) is 0 Å². The highest BCUT2D eigenvalue weighted by Crippen LogP contribution is 2.10. The molecule has 0 radical (unpaired) electrons. The van der Waals surface area contributed by atoms with Crippen LogP contribution in [0.1, 0.15) is 15.9 Å². The Balaban J connectivity index is 2.89. The van der Waals surface area contributed by atoms with Crippen molar-refractivity contribution in [2.75, 3.05) is 13.7 Å². The molecule has 1 aromatic carbocycles. The predicted molar refractivity (Wildman–Crippen MR) is 72.1 cm³/mol. The first-order valence-corrected chi connectivity index (χ1v) is 7.45. The Bertz CT molecular complexity index is 626. The fraction of sp³-hybridized carbons (Fsp3) is 0.333. The van der Waals surface area contributed by atoms with E-state index in [4.69, 9.17) is 10.2 Å². The Morgan fingerprint density at radius 1 is 1.38 bits per heavy atom. The van der Waals surface area contributed by atoms with Gasteiger partial charge in [0.05, 0.1) is 25.0 Å². The fourth-order valence-corrected chi connectivity index (χ4v) is 2.86. The van der Waals surface area contributed by atoms with Gasteiger partial charge in [0.15, 0.2) is 0 Å². The average molecular weight is 317 g/mol. The number of hydrogen-bond donors (Lipinski definition) is 3. The second-order valence-corrected chi connectivity index (χ2v) is 5.90. The first-order valence-electron chi connectivity index (χ1n) is 5.80. The molecule has 3 N–H and O–H groups in total. The molecule has 21 heavy (non-hydrogen) atoms. The van der Waals surface area contributed by atoms with Crippen LogP contribution in [0.4, 0.5) is 0 Å². The molecule has 8 nitrogen and oxygen atoms in total. The van der Waals surface area contributed by atoms with Crippen molar-refractivity contribution in [1.29, 1.82) is 0 Å². The smallest absolute Gasteiger partial charge is 0.337 e. The van der Waals surface area contributed by atoms with Crippen LogP contribution in [0.25, 0.3) is 0 Å². The molecule has 0 bridgehead atoms. The van der Waals surface area contributed by atoms with Gasteiger partial charge in [-0.1, -0.05) is 12.1 Å². The molecular formula is C12H15NO7S. The van der Waals surface area contributed by atoms with E-state index >= 15 is 0 Å². The summed E-state index contributed by atoms with van der Waals surface area (Å²) >= 11 is 0. The van der Waals surface area contributed by atoms with E-state index in [9.17, 15) is 18.0 Å². The van der Waals surface area contributed by atoms with Gasteiger partial charge in [-0.2, -0.15) is 4.72 Å². The van der Waals surface area contributed by atoms with Gasteiger partial charge in [-0.3, -0.25) is 4.79 Å². The molecule has 0 aromatic heterocycles. The summed E-state index contributed by atoms with van der Waals surface area (Å²) < 4.78 is 30.0. The Morgan fingerprint density at radius 3 is 2.57 bits per heavy atom. The molecule has 1 unspecified atom stereocenters. The van der Waals surface area contributed by atoms with Crippen LogP contribution >= 0.6 is 0 Å². The number of aliphatic hydroxyl groups excluding tert-OH is 1. The lowest BCUT2D eigenvalue weighted by atomic mass is 10.1. The van der Waals surface area contributed by atoms with Crippen LogP contribution in [0.2, 0.25) is 0 Å². The van der Waals surface area contributed by atoms with Crippen molar-refractivity contribution in [3.05, 3.63) is 35.4 Å². The highest BCUT2D eigenvalue weighted by Gasteiger charge is 2.23. The number of rotatable bonds is 7. The van der Waals surface area contributed by atoms with Gasteiger partial charge in [0.1, 0.15) is 6.04 Å². The maximum atomic E-state index is 11.8. The molecule has 0 spiro atoms. The lowest BCUT2D eigenvalue weighted by molar-refractivity contribution is -0.139. The molecule has 0 heterocycles. The summed E-state index contributed by atoms with van der Waals surface area (Å²) in [5.74, 6) is -2.62. The molecule has 0 saturated carbocycles. The number of methoxy groups -OCH3 is 1. The zero-order valence-electron chi connectivity index (χ0n) is 11.1. The number of benzene rings is 1. The third-order valence-electron chi connectivity index (χ3n) is 2.51. The lowest BCUT2D eigenvalue weighted by Gasteiger charge is -2.12. The van der Waals surface area contributed by atoms with Crippen LogP contribution in [-0.2, 0) is 25.3 Å². The molecule has 116 valence electrons. The number of esters is 1. The van der Waals surface area contributed by atoms with E-state index in [1.54, 1.807) is 0 Å². The van der Waals surface area contributed by atoms with Gasteiger partial charge in [0.2, 0.25) is 10.0 Å². The van der Waals surface area contributed by atoms with Crippen molar-refractivity contribution in [1.82, 2.24) is 4.72 Å². The molecule has 0 aliphatic rings. The molecule has 1 aromatic rings. The van der Waals surface area contributed by atoms with Crippen LogP contribution in [-0.4, -0.2) is 50.3 Å². The Hall–Kier alpha value is -1.97. The number of carbonyl (C=O) groups excluding carboxylic acids is 1. The van der Waals surface area contributed by atoms with Crippen molar-refractivity contribution in [3.8, 4) is 0 Å². The third-order valence-corrected chi connectivity index (χ3v) is 3.86. The number of aliphatic carboxylic acids is 1. The summed E-state index contributed by atoms with van der Waals surface area (Å²) in [7, 11) is -2.78. The highest BCUT2D eigenvalue weighted by molar-refractivity contribution is 7.88. The van der Waals surface area contributed by atoms with E-state index in [2.05, 4.69) is 4.74 Å². The number of nitrogens with one attached hydrogen (secondary N) is 1. The Kier molecular flexibility index (Phi) is 5.82. The molecule has 1 rings (SSSR count). The van der Waals surface area contributed by atoms with E-state index in [1.807, 2.05) is 4.72 Å². The Morgan fingerprint density at radius 2 is 2.05 bits per heavy atom. The number of sulfonamides is 1. The second-order valence-electron chi connectivity index (χ2n) is 4.14. The molecule has 0 aliphatic carbocycles. The Labute approximate surface area is 121 Å². The molecule has 0 fully saturated rings. The number of carboxylic acid groups (broad SMARTS) is 1. The van der Waals surface area contributed by atoms with Gasteiger partial charge in [0, 0.05) is 0 Å². The number of carbonyl (C=O) groups is 2. The SMILES string of the molecule is COC(=O)c1cccc(CS(=O)(=O)NC(CO)C(=O)O)c1. The van der Waals surface area contributed by atoms with Gasteiger partial charge >= 0.3 is 11.9 Å². The summed E-state index contributed by atoms with van der Waals surface area (Å²) in [6.07, 6.45) is 0. The van der Waals surface area contributed by atoms with Crippen LogP contribution in [0, 0.1) is 0 Å². The average Bonchev–Trinajstić information content (AvgIpc) is 2.43. The van der Waals surface area contributed by atoms with Crippen molar-refractivity contribution in [3.63, 3.8) is 0 Å². The normalized spacial score (nSPS) is 12.7. The first-order chi connectivity index (χ1) is 9.79. The maximum Gasteiger partial charge on any atom is 0.337 e. The largest absolute Gasteiger partial charge is 0.480 e. The minimum Gasteiger partial charge on any atom is -0.480 e. The standard InChI is InChI=1S/C12H15NO7S/c1-20-12(17)9-4-2-3-8(5-9)7-21(18,19)13-10(6-14)11(15)16/h2-5,10,13-14H,6-7H2,1H3,(H,15,16). The highest BCUT2D eigenvalue weighted by atomic mass is 32.2. The topological polar surface area (TPSA) is 130 Å². The summed E-state index contributed by atoms with van der Waals surface area (Å²) in [6, 6.07) is 4.14. The monoisotopic (exact) mass is 317 g/mol. The van der Waals surface area contributed by atoms with E-state index in [0.717, 1.165) is 0 Å². The second kappa shape index (κ2) is 7.16. The third kappa shape index (κ3) is 5.14. The lowest BCUT2D eigenvalue weighted by Crippen LogP contribution is -2.43. The minimum absolute atomic E-state index is 0.183. The maximum absolute atomic E-state index is 11.8. The van der Waals surface area contributed by atoms with Gasteiger partial charge < -0.3 is 14.9 Å². The van der Waals surface area contributed by atoms with Crippen LogP contribution in [0.5, 0.6) is 0 Å². The summed E-state index contributed by atoms with van der Waals surface area (Å²) in [5, 5.41) is 17.5. The molecule has 0 saturated heterocycles. The van der Waals surface area contributed by atoms with E-state index in [0.29, 0.717) is 0 Å². The minimum atomic E-state index is -3.98. The number of hydrogen-bond acceptors (Lipinski definition) is 6. The molecular weight excluding hydrogens is 302 g/mol. The summed E-state index contributed by atoms with van der Waals surface area (Å²) in [6.45, 7) is -0.864. The van der Waals surface area contributed by atoms with Gasteiger partial charge in [-0.05, 0) is 17.7 Å². The van der Waals surface area contributed by atoms with Crippen LogP contribution in [0.15, 0.2) is 24.3 Å². The van der Waals surface area contributed by atoms with Crippen molar-refractivity contribution in [2.45, 2.75) is 11.8 Å². The van der Waals surface area contributed by atoms with Crippen molar-refractivity contribution >= 4 is 22.0 Å². The van der Waals surface area contributed by atoms with E-state index in [-0.39, 0.29) is 11.1 Å². The van der Waals surface area contributed by atoms with Crippen molar-refractivity contribution in [2.24, 2.45) is 0 Å². The van der Waals surface area contributed by atoms with Gasteiger partial charge in [0.25, 0.3) is 0 Å². The van der Waals surface area contributed by atoms with Gasteiger partial charge in [-0.25, -0.2) is 13.2 Å². The van der Waals surface area contributed by atoms with E-state index < -0.39 is 40.4 Å². The number of aliphatic hydroxyl groups is 1. The molecule has 1 atom stereocenters.